The normalized spacial score (nSPS) is 15.3. The van der Waals surface area contributed by atoms with Gasteiger partial charge in [0.2, 0.25) is 0 Å². The molecule has 0 fully saturated rings. The van der Waals surface area contributed by atoms with Crippen molar-refractivity contribution in [2.45, 2.75) is 51.4 Å². The van der Waals surface area contributed by atoms with Gasteiger partial charge in [0.05, 0.1) is 22.4 Å². The quantitative estimate of drug-likeness (QED) is 0.151. The maximum Gasteiger partial charge on any atom is 0.182 e. The molecule has 2 nitrogen and oxygen atoms in total. The summed E-state index contributed by atoms with van der Waals surface area (Å²) in [6, 6.07) is 87.5. The Kier molecular flexibility index (Phi) is 9.16. The molecular formula is C68H54N2Si. The number of nitrogens with zero attached hydrogens (tertiary/aromatic N) is 2. The highest BCUT2D eigenvalue weighted by Gasteiger charge is 2.54. The molecule has 1 aliphatic carbocycles. The van der Waals surface area contributed by atoms with Crippen LogP contribution in [0.5, 0.6) is 0 Å². The molecule has 1 spiro atoms. The monoisotopic (exact) mass is 926 g/mol. The van der Waals surface area contributed by atoms with E-state index in [2.05, 4.69) is 268 Å². The van der Waals surface area contributed by atoms with Gasteiger partial charge in [-0.3, -0.25) is 0 Å². The summed E-state index contributed by atoms with van der Waals surface area (Å²) in [5.74, 6) is 0. The van der Waals surface area contributed by atoms with Crippen LogP contribution in [0, 0.1) is 0 Å². The Balaban J connectivity index is 1.02. The number of hydrogen-bond acceptors (Lipinski definition) is 1. The molecule has 14 rings (SSSR count). The van der Waals surface area contributed by atoms with Crippen LogP contribution in [0.4, 0.5) is 17.1 Å². The van der Waals surface area contributed by atoms with Gasteiger partial charge >= 0.3 is 0 Å². The SMILES string of the molecule is CC1(C)CCC(C)(C)c2cc(-c3ccc(N(c4ccccc4-c4cccc5c4-c4ccccc4[Si]54c5ccccc5-c5ccccc54)c4cccc5c6ccccc6n(-c6ccccc6)c45)cc3)ccc21. The van der Waals surface area contributed by atoms with Crippen molar-refractivity contribution in [2.75, 3.05) is 4.90 Å². The lowest BCUT2D eigenvalue weighted by atomic mass is 9.63. The lowest BCUT2D eigenvalue weighted by Gasteiger charge is -2.42. The molecule has 1 aromatic heterocycles. The number of fused-ring (bicyclic) bond motifs is 14. The summed E-state index contributed by atoms with van der Waals surface area (Å²) in [4.78, 5) is 2.55. The molecule has 11 aromatic rings. The first-order valence-electron chi connectivity index (χ1n) is 25.4. The zero-order valence-corrected chi connectivity index (χ0v) is 41.7. The first-order chi connectivity index (χ1) is 34.7. The second-order valence-corrected chi connectivity index (χ2v) is 25.1. The third-order valence-electron chi connectivity index (χ3n) is 16.7. The number of rotatable bonds is 6. The zero-order valence-electron chi connectivity index (χ0n) is 40.7. The lowest BCUT2D eigenvalue weighted by Crippen LogP contribution is -2.70. The van der Waals surface area contributed by atoms with Gasteiger partial charge in [0.15, 0.2) is 8.07 Å². The number of hydrogen-bond donors (Lipinski definition) is 0. The van der Waals surface area contributed by atoms with Crippen LogP contribution in [0.3, 0.4) is 0 Å². The Morgan fingerprint density at radius 1 is 0.394 bits per heavy atom. The minimum atomic E-state index is -2.67. The van der Waals surface area contributed by atoms with E-state index in [-0.39, 0.29) is 10.8 Å². The summed E-state index contributed by atoms with van der Waals surface area (Å²) in [5, 5.41) is 8.40. The largest absolute Gasteiger partial charge is 0.308 e. The van der Waals surface area contributed by atoms with Crippen molar-refractivity contribution in [1.82, 2.24) is 4.57 Å². The summed E-state index contributed by atoms with van der Waals surface area (Å²) < 4.78 is 2.47. The van der Waals surface area contributed by atoms with E-state index in [4.69, 9.17) is 0 Å². The third kappa shape index (κ3) is 6.00. The standard InChI is InChI=1S/C68H54N2Si/c1-67(2)42-43-68(3,4)57-44-46(38-41-56(57)67)45-36-39-48(40-37-45)69(60-31-18-28-54-50-23-9-14-30-59(50)70(66(54)60)47-20-6-5-7-21-47)58-29-13-8-22-49(58)53-27-19-35-64-65(53)55-26-12-17-34-63(55)71(64)61-32-15-10-24-51(61)52-25-11-16-33-62(52)71/h5-41,44H,42-43H2,1-4H3. The predicted octanol–water partition coefficient (Wildman–Crippen LogP) is 15.3. The van der Waals surface area contributed by atoms with Gasteiger partial charge in [-0.1, -0.05) is 216 Å². The zero-order chi connectivity index (χ0) is 47.6. The highest BCUT2D eigenvalue weighted by molar-refractivity contribution is 7.24. The Hall–Kier alpha value is -7.98. The molecule has 0 N–H and O–H groups in total. The first-order valence-corrected chi connectivity index (χ1v) is 27.4. The van der Waals surface area contributed by atoms with E-state index >= 15 is 0 Å². The average Bonchev–Trinajstić information content (AvgIpc) is 4.03. The minimum Gasteiger partial charge on any atom is -0.308 e. The van der Waals surface area contributed by atoms with Crippen molar-refractivity contribution in [3.8, 4) is 50.2 Å². The molecule has 0 saturated carbocycles. The maximum atomic E-state index is 2.55. The van der Waals surface area contributed by atoms with E-state index in [0.717, 1.165) is 22.7 Å². The molecule has 3 aliphatic rings. The number of anilines is 3. The van der Waals surface area contributed by atoms with E-state index in [1.807, 2.05) is 0 Å². The molecule has 0 saturated heterocycles. The molecule has 0 bridgehead atoms. The fraction of sp³-hybridized carbons (Fsp3) is 0.118. The van der Waals surface area contributed by atoms with Crippen LogP contribution in [0.2, 0.25) is 0 Å². The molecule has 0 atom stereocenters. The van der Waals surface area contributed by atoms with Crippen LogP contribution >= 0.6 is 0 Å². The fourth-order valence-corrected chi connectivity index (χ4v) is 18.9. The van der Waals surface area contributed by atoms with Crippen LogP contribution in [0.25, 0.3) is 72.0 Å². The predicted molar refractivity (Wildman–Crippen MR) is 303 cm³/mol. The van der Waals surface area contributed by atoms with Crippen molar-refractivity contribution in [2.24, 2.45) is 0 Å². The topological polar surface area (TPSA) is 8.17 Å². The summed E-state index contributed by atoms with van der Waals surface area (Å²) >= 11 is 0. The molecule has 10 aromatic carbocycles. The number of benzene rings is 10. The van der Waals surface area contributed by atoms with Gasteiger partial charge in [0.1, 0.15) is 0 Å². The molecule has 340 valence electrons. The summed E-state index contributed by atoms with van der Waals surface area (Å²) in [5.41, 5.74) is 20.6. The maximum absolute atomic E-state index is 2.67. The lowest BCUT2D eigenvalue weighted by molar-refractivity contribution is 0.332. The second kappa shape index (κ2) is 15.5. The van der Waals surface area contributed by atoms with E-state index < -0.39 is 8.07 Å². The van der Waals surface area contributed by atoms with Gasteiger partial charge in [-0.25, -0.2) is 0 Å². The van der Waals surface area contributed by atoms with Crippen LogP contribution < -0.4 is 25.6 Å². The van der Waals surface area contributed by atoms with Crippen molar-refractivity contribution < 1.29 is 0 Å². The van der Waals surface area contributed by atoms with E-state index in [9.17, 15) is 0 Å². The third-order valence-corrected chi connectivity index (χ3v) is 21.7. The summed E-state index contributed by atoms with van der Waals surface area (Å²) in [7, 11) is -2.67. The smallest absolute Gasteiger partial charge is 0.182 e. The molecule has 3 heterocycles. The van der Waals surface area contributed by atoms with E-state index in [0.29, 0.717) is 0 Å². The van der Waals surface area contributed by atoms with Gasteiger partial charge in [0.25, 0.3) is 0 Å². The van der Waals surface area contributed by atoms with E-state index in [1.165, 1.54) is 111 Å². The van der Waals surface area contributed by atoms with Gasteiger partial charge < -0.3 is 9.47 Å². The van der Waals surface area contributed by atoms with Gasteiger partial charge in [-0.15, -0.1) is 0 Å². The second-order valence-electron chi connectivity index (χ2n) is 21.4. The number of para-hydroxylation sites is 4. The molecule has 3 heteroatoms. The Morgan fingerprint density at radius 3 is 1.65 bits per heavy atom. The summed E-state index contributed by atoms with van der Waals surface area (Å²) in [6.07, 6.45) is 2.40. The molecule has 71 heavy (non-hydrogen) atoms. The highest BCUT2D eigenvalue weighted by atomic mass is 28.3. The molecule has 0 amide bonds. The van der Waals surface area contributed by atoms with Crippen molar-refractivity contribution in [1.29, 1.82) is 0 Å². The molecule has 2 aliphatic heterocycles. The van der Waals surface area contributed by atoms with Crippen LogP contribution in [0.1, 0.15) is 51.7 Å². The highest BCUT2D eigenvalue weighted by Crippen LogP contribution is 2.50. The van der Waals surface area contributed by atoms with E-state index in [1.54, 1.807) is 0 Å². The Morgan fingerprint density at radius 2 is 0.915 bits per heavy atom. The Labute approximate surface area is 418 Å². The van der Waals surface area contributed by atoms with Gasteiger partial charge in [-0.2, -0.15) is 0 Å². The average molecular weight is 927 g/mol. The van der Waals surface area contributed by atoms with Gasteiger partial charge in [-0.05, 0) is 137 Å². The van der Waals surface area contributed by atoms with Crippen molar-refractivity contribution in [3.63, 3.8) is 0 Å². The van der Waals surface area contributed by atoms with Gasteiger partial charge in [0, 0.05) is 27.7 Å². The fourth-order valence-electron chi connectivity index (χ4n) is 13.3. The number of aromatic nitrogens is 1. The molecular weight excluding hydrogens is 873 g/mol. The summed E-state index contributed by atoms with van der Waals surface area (Å²) in [6.45, 7) is 9.67. The molecule has 0 radical (unpaired) electrons. The van der Waals surface area contributed by atoms with Crippen LogP contribution in [0.15, 0.2) is 231 Å². The minimum absolute atomic E-state index is 0.127. The van der Waals surface area contributed by atoms with Crippen LogP contribution in [-0.2, 0) is 10.8 Å². The van der Waals surface area contributed by atoms with Crippen molar-refractivity contribution in [3.05, 3.63) is 242 Å². The van der Waals surface area contributed by atoms with Crippen LogP contribution in [-0.4, -0.2) is 12.6 Å². The van der Waals surface area contributed by atoms with Crippen molar-refractivity contribution >= 4 is 67.7 Å². The first kappa shape index (κ1) is 41.9. The molecule has 0 unspecified atom stereocenters. The Bertz CT molecular complexity index is 3900.